The van der Waals surface area contributed by atoms with Crippen molar-refractivity contribution in [2.75, 3.05) is 0 Å². The predicted molar refractivity (Wildman–Crippen MR) is 110 cm³/mol. The zero-order chi connectivity index (χ0) is 20.4. The van der Waals surface area contributed by atoms with Crippen LogP contribution in [0.25, 0.3) is 5.70 Å². The van der Waals surface area contributed by atoms with E-state index < -0.39 is 0 Å². The number of carbonyl (C=O) groups excluding carboxylic acids is 1. The number of hydrogen-bond donors (Lipinski definition) is 1. The van der Waals surface area contributed by atoms with Crippen molar-refractivity contribution in [2.24, 2.45) is 23.2 Å². The average Bonchev–Trinajstić information content (AvgIpc) is 2.65. The number of nitrogens with one attached hydrogen (secondary N) is 1. The van der Waals surface area contributed by atoms with Gasteiger partial charge in [0, 0.05) is 28.3 Å². The third-order valence-corrected chi connectivity index (χ3v) is 7.72. The van der Waals surface area contributed by atoms with Gasteiger partial charge < -0.3 is 5.32 Å². The third-order valence-electron chi connectivity index (χ3n) is 7.72. The number of rotatable bonds is 2. The van der Waals surface area contributed by atoms with Crippen LogP contribution in [0.1, 0.15) is 74.6 Å². The Labute approximate surface area is 172 Å². The molecule has 0 unspecified atom stereocenters. The molecule has 4 aliphatic carbocycles. The first kappa shape index (κ1) is 18.4. The van der Waals surface area contributed by atoms with Crippen LogP contribution in [0.2, 0.25) is 0 Å². The van der Waals surface area contributed by atoms with E-state index in [9.17, 15) is 15.3 Å². The molecule has 0 aromatic heterocycles. The van der Waals surface area contributed by atoms with E-state index in [1.165, 1.54) is 19.3 Å². The molecule has 5 aliphatic rings. The van der Waals surface area contributed by atoms with Crippen molar-refractivity contribution in [2.45, 2.75) is 64.3 Å². The van der Waals surface area contributed by atoms with Crippen molar-refractivity contribution in [3.05, 3.63) is 40.5 Å². The van der Waals surface area contributed by atoms with Gasteiger partial charge in [-0.2, -0.15) is 10.5 Å². The van der Waals surface area contributed by atoms with E-state index in [4.69, 9.17) is 0 Å². The highest BCUT2D eigenvalue weighted by atomic mass is 16.1. The number of hydrogen-bond acceptors (Lipinski definition) is 4. The smallest absolute Gasteiger partial charge is 0.163 e. The Morgan fingerprint density at radius 2 is 1.59 bits per heavy atom. The van der Waals surface area contributed by atoms with Gasteiger partial charge in [0.2, 0.25) is 0 Å². The lowest BCUT2D eigenvalue weighted by molar-refractivity contribution is -0.138. The molecular weight excluding hydrogens is 358 g/mol. The molecule has 0 amide bonds. The summed E-state index contributed by atoms with van der Waals surface area (Å²) in [6, 6.07) is 7.90. The topological polar surface area (TPSA) is 76.7 Å². The molecule has 0 spiro atoms. The standard InChI is InChI=1S/C25H27N3O/c1-24(2)12-18-6-19(13-26)20(14-27)7-21(18)22(28-24)8-23(29)25-9-15-3-16(10-25)5-17(4-15)11-25/h6-8,15-17,28H,3-5,9-12H2,1-2H3. The largest absolute Gasteiger partial charge is 0.379 e. The van der Waals surface area contributed by atoms with E-state index in [1.54, 1.807) is 6.07 Å². The Balaban J connectivity index is 1.56. The van der Waals surface area contributed by atoms with E-state index >= 15 is 0 Å². The van der Waals surface area contributed by atoms with Crippen LogP contribution >= 0.6 is 0 Å². The molecule has 0 atom stereocenters. The minimum atomic E-state index is -0.207. The Hall–Kier alpha value is -2.59. The van der Waals surface area contributed by atoms with Crippen molar-refractivity contribution in [3.8, 4) is 12.1 Å². The fourth-order valence-corrected chi connectivity index (χ4v) is 6.99. The molecule has 0 saturated heterocycles. The molecule has 4 nitrogen and oxygen atoms in total. The summed E-state index contributed by atoms with van der Waals surface area (Å²) in [4.78, 5) is 13.6. The zero-order valence-corrected chi connectivity index (χ0v) is 17.2. The lowest BCUT2D eigenvalue weighted by Crippen LogP contribution is -2.50. The van der Waals surface area contributed by atoms with E-state index in [1.807, 2.05) is 12.1 Å². The number of allylic oxidation sites excluding steroid dienone is 1. The Morgan fingerprint density at radius 3 is 2.14 bits per heavy atom. The fraction of sp³-hybridized carbons (Fsp3) is 0.560. The van der Waals surface area contributed by atoms with Gasteiger partial charge in [-0.15, -0.1) is 0 Å². The van der Waals surface area contributed by atoms with Gasteiger partial charge in [0.1, 0.15) is 12.1 Å². The van der Waals surface area contributed by atoms with Gasteiger partial charge in [0.05, 0.1) is 11.1 Å². The number of carbonyl (C=O) groups is 1. The number of nitrogens with zero attached hydrogens (tertiary/aromatic N) is 2. The highest BCUT2D eigenvalue weighted by Crippen LogP contribution is 2.60. The minimum Gasteiger partial charge on any atom is -0.379 e. The van der Waals surface area contributed by atoms with E-state index in [0.717, 1.165) is 60.3 Å². The number of ketones is 1. The van der Waals surface area contributed by atoms with Crippen LogP contribution in [0, 0.1) is 45.8 Å². The molecule has 1 N–H and O–H groups in total. The summed E-state index contributed by atoms with van der Waals surface area (Å²) in [6.07, 6.45) is 9.70. The van der Waals surface area contributed by atoms with E-state index in [-0.39, 0.29) is 16.7 Å². The Bertz CT molecular complexity index is 982. The van der Waals surface area contributed by atoms with Crippen LogP contribution in [-0.2, 0) is 11.2 Å². The zero-order valence-electron chi connectivity index (χ0n) is 17.2. The summed E-state index contributed by atoms with van der Waals surface area (Å²) in [5.41, 5.74) is 3.17. The van der Waals surface area contributed by atoms with Crippen LogP contribution in [0.5, 0.6) is 0 Å². The first-order valence-corrected chi connectivity index (χ1v) is 10.8. The van der Waals surface area contributed by atoms with Crippen LogP contribution < -0.4 is 5.32 Å². The van der Waals surface area contributed by atoms with Crippen molar-refractivity contribution < 1.29 is 4.79 Å². The van der Waals surface area contributed by atoms with Gasteiger partial charge in [-0.25, -0.2) is 0 Å². The minimum absolute atomic E-state index is 0.171. The van der Waals surface area contributed by atoms with E-state index in [0.29, 0.717) is 11.1 Å². The van der Waals surface area contributed by atoms with Crippen LogP contribution in [0.15, 0.2) is 18.2 Å². The second-order valence-electron chi connectivity index (χ2n) is 10.6. The molecule has 0 radical (unpaired) electrons. The van der Waals surface area contributed by atoms with Gasteiger partial charge in [0.25, 0.3) is 0 Å². The monoisotopic (exact) mass is 385 g/mol. The highest BCUT2D eigenvalue weighted by molar-refractivity contribution is 6.01. The number of benzene rings is 1. The summed E-state index contributed by atoms with van der Waals surface area (Å²) in [6.45, 7) is 4.23. The van der Waals surface area contributed by atoms with Crippen LogP contribution in [0.3, 0.4) is 0 Å². The lowest BCUT2D eigenvalue weighted by atomic mass is 9.48. The highest BCUT2D eigenvalue weighted by Gasteiger charge is 2.54. The van der Waals surface area contributed by atoms with Crippen molar-refractivity contribution in [3.63, 3.8) is 0 Å². The molecule has 1 aromatic rings. The molecule has 1 aromatic carbocycles. The number of nitriles is 2. The summed E-state index contributed by atoms with van der Waals surface area (Å²) in [5.74, 6) is 2.46. The second kappa shape index (κ2) is 6.20. The molecule has 148 valence electrons. The molecular formula is C25H27N3O. The normalized spacial score (nSPS) is 34.8. The quantitative estimate of drug-likeness (QED) is 0.762. The SMILES string of the molecule is CC1(C)Cc2cc(C#N)c(C#N)cc2C(=CC(=O)C23CC4CC(CC(C4)C2)C3)N1. The van der Waals surface area contributed by atoms with Gasteiger partial charge in [0.15, 0.2) is 5.78 Å². The fourth-order valence-electron chi connectivity index (χ4n) is 6.99. The molecule has 1 aliphatic heterocycles. The maximum absolute atomic E-state index is 13.6. The third kappa shape index (κ3) is 2.98. The first-order chi connectivity index (χ1) is 13.8. The predicted octanol–water partition coefficient (Wildman–Crippen LogP) is 4.48. The first-order valence-electron chi connectivity index (χ1n) is 10.8. The maximum Gasteiger partial charge on any atom is 0.163 e. The summed E-state index contributed by atoms with van der Waals surface area (Å²) in [7, 11) is 0. The van der Waals surface area contributed by atoms with Crippen LogP contribution in [-0.4, -0.2) is 11.3 Å². The molecule has 4 heteroatoms. The van der Waals surface area contributed by atoms with Gasteiger partial charge in [-0.1, -0.05) is 0 Å². The molecule has 4 fully saturated rings. The molecule has 1 heterocycles. The van der Waals surface area contributed by atoms with Crippen molar-refractivity contribution >= 4 is 11.5 Å². The molecule has 4 bridgehead atoms. The molecule has 29 heavy (non-hydrogen) atoms. The van der Waals surface area contributed by atoms with Gasteiger partial charge >= 0.3 is 0 Å². The summed E-state index contributed by atoms with van der Waals surface area (Å²) in [5, 5.41) is 22.4. The van der Waals surface area contributed by atoms with E-state index in [2.05, 4.69) is 31.3 Å². The Kier molecular flexibility index (Phi) is 3.94. The van der Waals surface area contributed by atoms with Crippen LogP contribution in [0.4, 0.5) is 0 Å². The Morgan fingerprint density at radius 1 is 1.03 bits per heavy atom. The molecule has 6 rings (SSSR count). The summed E-state index contributed by atoms with van der Waals surface area (Å²) < 4.78 is 0. The van der Waals surface area contributed by atoms with Gasteiger partial charge in [-0.05, 0) is 94.2 Å². The average molecular weight is 386 g/mol. The van der Waals surface area contributed by atoms with Crippen molar-refractivity contribution in [1.82, 2.24) is 5.32 Å². The van der Waals surface area contributed by atoms with Gasteiger partial charge in [-0.3, -0.25) is 4.79 Å². The van der Waals surface area contributed by atoms with Crippen molar-refractivity contribution in [1.29, 1.82) is 10.5 Å². The second-order valence-corrected chi connectivity index (χ2v) is 10.6. The maximum atomic E-state index is 13.6. The lowest BCUT2D eigenvalue weighted by Gasteiger charge is -2.55. The number of fused-ring (bicyclic) bond motifs is 1. The summed E-state index contributed by atoms with van der Waals surface area (Å²) >= 11 is 0. The molecule has 4 saturated carbocycles.